The van der Waals surface area contributed by atoms with Crippen molar-refractivity contribution in [3.05, 3.63) is 35.1 Å². The van der Waals surface area contributed by atoms with Crippen LogP contribution in [0.15, 0.2) is 18.2 Å². The average Bonchev–Trinajstić information content (AvgIpc) is 3.30. The molecule has 200 valence electrons. The lowest BCUT2D eigenvalue weighted by molar-refractivity contribution is 0.0240. The van der Waals surface area contributed by atoms with Crippen molar-refractivity contribution >= 4 is 11.9 Å². The van der Waals surface area contributed by atoms with Crippen LogP contribution in [0.5, 0.6) is 6.01 Å². The third kappa shape index (κ3) is 6.12. The van der Waals surface area contributed by atoms with Crippen molar-refractivity contribution in [1.29, 1.82) is 10.5 Å². The molecule has 0 unspecified atom stereocenters. The second-order valence-corrected chi connectivity index (χ2v) is 10.5. The van der Waals surface area contributed by atoms with E-state index in [0.29, 0.717) is 38.6 Å². The molecule has 0 saturated carbocycles. The van der Waals surface area contributed by atoms with Gasteiger partial charge in [0.25, 0.3) is 0 Å². The van der Waals surface area contributed by atoms with Gasteiger partial charge in [-0.15, -0.1) is 0 Å². The van der Waals surface area contributed by atoms with Crippen molar-refractivity contribution in [3.63, 3.8) is 0 Å². The van der Waals surface area contributed by atoms with Crippen LogP contribution in [0.2, 0.25) is 0 Å². The number of hydrogen-bond donors (Lipinski definition) is 0. The quantitative estimate of drug-likeness (QED) is 0.582. The SMILES string of the molecule is CN1CCC[C@H]1COc1nc(-c2ccc(C#N)cc2F)c(C#N)c(N2CCN(C(=O)OC(C)(C)C)CC2)n1. The van der Waals surface area contributed by atoms with Crippen molar-refractivity contribution in [2.45, 2.75) is 45.3 Å². The Morgan fingerprint density at radius 2 is 1.87 bits per heavy atom. The molecule has 11 heteroatoms. The third-order valence-corrected chi connectivity index (χ3v) is 6.64. The first kappa shape index (κ1) is 27.1. The summed E-state index contributed by atoms with van der Waals surface area (Å²) in [5.41, 5.74) is -0.153. The predicted molar refractivity (Wildman–Crippen MR) is 138 cm³/mol. The topological polar surface area (TPSA) is 119 Å². The van der Waals surface area contributed by atoms with Crippen LogP contribution in [-0.4, -0.2) is 83.9 Å². The molecule has 38 heavy (non-hydrogen) atoms. The van der Waals surface area contributed by atoms with E-state index in [1.165, 1.54) is 12.1 Å². The monoisotopic (exact) mass is 521 g/mol. The fourth-order valence-corrected chi connectivity index (χ4v) is 4.58. The zero-order chi connectivity index (χ0) is 27.4. The summed E-state index contributed by atoms with van der Waals surface area (Å²) in [6.45, 7) is 8.32. The molecule has 2 aromatic rings. The molecule has 0 aliphatic carbocycles. The number of nitriles is 2. The highest BCUT2D eigenvalue weighted by molar-refractivity contribution is 5.75. The lowest BCUT2D eigenvalue weighted by atomic mass is 10.0. The van der Waals surface area contributed by atoms with Crippen LogP contribution < -0.4 is 9.64 Å². The number of carbonyl (C=O) groups excluding carboxylic acids is 1. The Labute approximate surface area is 222 Å². The van der Waals surface area contributed by atoms with E-state index in [1.807, 2.05) is 38.8 Å². The van der Waals surface area contributed by atoms with Gasteiger partial charge in [-0.2, -0.15) is 20.5 Å². The number of rotatable bonds is 5. The molecule has 2 fully saturated rings. The smallest absolute Gasteiger partial charge is 0.410 e. The van der Waals surface area contributed by atoms with E-state index in [1.54, 1.807) is 4.90 Å². The molecular weight excluding hydrogens is 489 g/mol. The molecule has 3 heterocycles. The number of halogens is 1. The molecule has 0 radical (unpaired) electrons. The molecule has 1 amide bonds. The van der Waals surface area contributed by atoms with Crippen molar-refractivity contribution in [1.82, 2.24) is 19.8 Å². The van der Waals surface area contributed by atoms with Gasteiger partial charge < -0.3 is 24.2 Å². The van der Waals surface area contributed by atoms with Gasteiger partial charge in [0, 0.05) is 37.8 Å². The maximum atomic E-state index is 15.1. The van der Waals surface area contributed by atoms with Gasteiger partial charge in [0.2, 0.25) is 0 Å². The average molecular weight is 522 g/mol. The molecule has 2 aliphatic heterocycles. The number of hydrogen-bond acceptors (Lipinski definition) is 9. The minimum Gasteiger partial charge on any atom is -0.462 e. The zero-order valence-corrected chi connectivity index (χ0v) is 22.2. The number of likely N-dealkylation sites (N-methyl/N-ethyl adjacent to an activating group) is 1. The lowest BCUT2D eigenvalue weighted by Gasteiger charge is -2.36. The van der Waals surface area contributed by atoms with Crippen molar-refractivity contribution in [2.75, 3.05) is 51.3 Å². The zero-order valence-electron chi connectivity index (χ0n) is 22.2. The van der Waals surface area contributed by atoms with Gasteiger partial charge in [-0.3, -0.25) is 0 Å². The Bertz CT molecular complexity index is 1270. The molecule has 4 rings (SSSR count). The van der Waals surface area contributed by atoms with E-state index in [-0.39, 0.29) is 34.4 Å². The van der Waals surface area contributed by atoms with E-state index >= 15 is 4.39 Å². The number of nitrogens with zero attached hydrogens (tertiary/aromatic N) is 7. The number of carbonyl (C=O) groups is 1. The van der Waals surface area contributed by atoms with Gasteiger partial charge >= 0.3 is 12.1 Å². The van der Waals surface area contributed by atoms with E-state index < -0.39 is 17.5 Å². The molecule has 10 nitrogen and oxygen atoms in total. The summed E-state index contributed by atoms with van der Waals surface area (Å²) < 4.78 is 26.5. The van der Waals surface area contributed by atoms with Gasteiger partial charge in [0.05, 0.1) is 11.6 Å². The number of aromatic nitrogens is 2. The fraction of sp³-hybridized carbons (Fsp3) is 0.519. The van der Waals surface area contributed by atoms with Gasteiger partial charge in [-0.1, -0.05) is 0 Å². The maximum Gasteiger partial charge on any atom is 0.410 e. The lowest BCUT2D eigenvalue weighted by Crippen LogP contribution is -2.50. The van der Waals surface area contributed by atoms with Gasteiger partial charge in [0.1, 0.15) is 35.4 Å². The molecule has 1 aromatic heterocycles. The third-order valence-electron chi connectivity index (χ3n) is 6.64. The minimum absolute atomic E-state index is 0.0487. The van der Waals surface area contributed by atoms with Crippen LogP contribution in [0, 0.1) is 28.5 Å². The molecule has 0 N–H and O–H groups in total. The highest BCUT2D eigenvalue weighted by atomic mass is 19.1. The van der Waals surface area contributed by atoms with Crippen LogP contribution in [0.25, 0.3) is 11.3 Å². The van der Waals surface area contributed by atoms with E-state index in [0.717, 1.165) is 25.5 Å². The van der Waals surface area contributed by atoms with Gasteiger partial charge in [0.15, 0.2) is 5.82 Å². The molecule has 0 bridgehead atoms. The first-order valence-electron chi connectivity index (χ1n) is 12.7. The number of piperazine rings is 1. The van der Waals surface area contributed by atoms with Crippen LogP contribution in [0.1, 0.15) is 44.7 Å². The highest BCUT2D eigenvalue weighted by Gasteiger charge is 2.30. The Balaban J connectivity index is 1.66. The predicted octanol–water partition coefficient (Wildman–Crippen LogP) is 3.56. The fourth-order valence-electron chi connectivity index (χ4n) is 4.58. The summed E-state index contributed by atoms with van der Waals surface area (Å²) in [6, 6.07) is 8.36. The Morgan fingerprint density at radius 3 is 2.45 bits per heavy atom. The number of anilines is 1. The molecule has 1 aromatic carbocycles. The summed E-state index contributed by atoms with van der Waals surface area (Å²) in [6.07, 6.45) is 1.67. The number of likely N-dealkylation sites (tertiary alicyclic amines) is 1. The second-order valence-electron chi connectivity index (χ2n) is 10.5. The first-order chi connectivity index (χ1) is 18.1. The number of amides is 1. The summed E-state index contributed by atoms with van der Waals surface area (Å²) in [5, 5.41) is 19.3. The van der Waals surface area contributed by atoms with Crippen molar-refractivity contribution in [3.8, 4) is 29.4 Å². The van der Waals surface area contributed by atoms with Crippen LogP contribution in [0.4, 0.5) is 15.0 Å². The second kappa shape index (κ2) is 11.2. The molecular formula is C27H32FN7O3. The minimum atomic E-state index is -0.665. The van der Waals surface area contributed by atoms with E-state index in [4.69, 9.17) is 14.7 Å². The molecule has 0 spiro atoms. The van der Waals surface area contributed by atoms with Crippen molar-refractivity contribution in [2.24, 2.45) is 0 Å². The molecule has 2 aliphatic rings. The highest BCUT2D eigenvalue weighted by Crippen LogP contribution is 2.33. The summed E-state index contributed by atoms with van der Waals surface area (Å²) >= 11 is 0. The largest absolute Gasteiger partial charge is 0.462 e. The summed E-state index contributed by atoms with van der Waals surface area (Å²) in [4.78, 5) is 27.2. The molecule has 1 atom stereocenters. The van der Waals surface area contributed by atoms with E-state index in [2.05, 4.69) is 20.9 Å². The van der Waals surface area contributed by atoms with Gasteiger partial charge in [-0.25, -0.2) is 9.18 Å². The maximum absolute atomic E-state index is 15.1. The first-order valence-corrected chi connectivity index (χ1v) is 12.7. The standard InChI is InChI=1S/C27H32FN7O3/c1-27(2,3)38-26(36)35-12-10-34(11-13-35)24-21(16-30)23(20-8-7-18(15-29)14-22(20)28)31-25(32-24)37-17-19-6-5-9-33(19)4/h7-8,14,19H,5-6,9-13,17H2,1-4H3/t19-/m0/s1. The Morgan fingerprint density at radius 1 is 1.13 bits per heavy atom. The van der Waals surface area contributed by atoms with Crippen LogP contribution >= 0.6 is 0 Å². The summed E-state index contributed by atoms with van der Waals surface area (Å²) in [7, 11) is 2.04. The van der Waals surface area contributed by atoms with Crippen molar-refractivity contribution < 1.29 is 18.7 Å². The van der Waals surface area contributed by atoms with E-state index in [9.17, 15) is 10.1 Å². The van der Waals surface area contributed by atoms with Crippen LogP contribution in [0.3, 0.4) is 0 Å². The number of benzene rings is 1. The Kier molecular flexibility index (Phi) is 7.98. The Hall–Kier alpha value is -3.96. The molecule has 2 saturated heterocycles. The summed E-state index contributed by atoms with van der Waals surface area (Å²) in [5.74, 6) is -0.346. The normalized spacial score (nSPS) is 18.1. The van der Waals surface area contributed by atoms with Crippen LogP contribution in [-0.2, 0) is 4.74 Å². The number of ether oxygens (including phenoxy) is 2. The van der Waals surface area contributed by atoms with Gasteiger partial charge in [-0.05, 0) is 65.4 Å².